The second-order valence-electron chi connectivity index (χ2n) is 5.24. The number of thioether (sulfide) groups is 1. The first-order valence-electron chi connectivity index (χ1n) is 7.21. The van der Waals surface area contributed by atoms with Crippen LogP contribution in [-0.2, 0) is 9.53 Å². The number of ether oxygens (including phenoxy) is 1. The van der Waals surface area contributed by atoms with Crippen LogP contribution in [0.5, 0.6) is 0 Å². The molecule has 0 spiro atoms. The van der Waals surface area contributed by atoms with Gasteiger partial charge in [-0.2, -0.15) is 11.8 Å². The zero-order valence-electron chi connectivity index (χ0n) is 12.1. The SMILES string of the molecule is CCOC(=O)CC(O)CNCC1(SC)CCCCC1. The molecule has 0 bridgehead atoms. The summed E-state index contributed by atoms with van der Waals surface area (Å²) in [5.74, 6) is -0.325. The highest BCUT2D eigenvalue weighted by atomic mass is 32.2. The lowest BCUT2D eigenvalue weighted by Crippen LogP contribution is -2.42. The van der Waals surface area contributed by atoms with E-state index in [2.05, 4.69) is 11.6 Å². The Morgan fingerprint density at radius 3 is 2.68 bits per heavy atom. The minimum atomic E-state index is -0.651. The number of aliphatic hydroxyl groups excluding tert-OH is 1. The number of rotatable bonds is 8. The Hall–Kier alpha value is -0.260. The Labute approximate surface area is 120 Å². The summed E-state index contributed by atoms with van der Waals surface area (Å²) in [6, 6.07) is 0. The van der Waals surface area contributed by atoms with Gasteiger partial charge in [0.05, 0.1) is 19.1 Å². The topological polar surface area (TPSA) is 58.6 Å². The van der Waals surface area contributed by atoms with Crippen LogP contribution in [-0.4, -0.2) is 47.9 Å². The van der Waals surface area contributed by atoms with Crippen molar-refractivity contribution < 1.29 is 14.6 Å². The maximum absolute atomic E-state index is 11.2. The van der Waals surface area contributed by atoms with Gasteiger partial charge in [-0.1, -0.05) is 19.3 Å². The van der Waals surface area contributed by atoms with Gasteiger partial charge in [0.25, 0.3) is 0 Å². The van der Waals surface area contributed by atoms with Crippen LogP contribution >= 0.6 is 11.8 Å². The first kappa shape index (κ1) is 16.8. The summed E-state index contributed by atoms with van der Waals surface area (Å²) in [6.45, 7) is 3.51. The summed E-state index contributed by atoms with van der Waals surface area (Å²) in [4.78, 5) is 11.2. The largest absolute Gasteiger partial charge is 0.466 e. The first-order chi connectivity index (χ1) is 9.12. The van der Waals surface area contributed by atoms with Gasteiger partial charge in [0.1, 0.15) is 0 Å². The molecule has 1 aliphatic carbocycles. The zero-order valence-corrected chi connectivity index (χ0v) is 12.9. The average molecular weight is 289 g/mol. The highest BCUT2D eigenvalue weighted by Crippen LogP contribution is 2.37. The Morgan fingerprint density at radius 1 is 1.42 bits per heavy atom. The Kier molecular flexibility index (Phi) is 7.80. The molecule has 1 atom stereocenters. The van der Waals surface area contributed by atoms with Crippen LogP contribution < -0.4 is 5.32 Å². The van der Waals surface area contributed by atoms with Crippen LogP contribution in [0.1, 0.15) is 45.4 Å². The lowest BCUT2D eigenvalue weighted by molar-refractivity contribution is -0.145. The van der Waals surface area contributed by atoms with Gasteiger partial charge in [0.15, 0.2) is 0 Å². The number of nitrogens with one attached hydrogen (secondary N) is 1. The number of hydrogen-bond acceptors (Lipinski definition) is 5. The van der Waals surface area contributed by atoms with E-state index in [0.717, 1.165) is 6.54 Å². The summed E-state index contributed by atoms with van der Waals surface area (Å²) in [7, 11) is 0. The van der Waals surface area contributed by atoms with E-state index in [-0.39, 0.29) is 12.4 Å². The molecule has 0 aromatic heterocycles. The number of esters is 1. The smallest absolute Gasteiger partial charge is 0.308 e. The van der Waals surface area contributed by atoms with E-state index in [0.29, 0.717) is 17.9 Å². The van der Waals surface area contributed by atoms with E-state index < -0.39 is 6.10 Å². The van der Waals surface area contributed by atoms with Crippen molar-refractivity contribution in [3.63, 3.8) is 0 Å². The molecular weight excluding hydrogens is 262 g/mol. The summed E-state index contributed by atoms with van der Waals surface area (Å²) in [5, 5.41) is 13.1. The summed E-state index contributed by atoms with van der Waals surface area (Å²) >= 11 is 1.93. The summed E-state index contributed by atoms with van der Waals surface area (Å²) < 4.78 is 5.14. The third-order valence-electron chi connectivity index (χ3n) is 3.73. The molecule has 0 heterocycles. The quantitative estimate of drug-likeness (QED) is 0.669. The van der Waals surface area contributed by atoms with Crippen molar-refractivity contribution in [2.24, 2.45) is 0 Å². The second kappa shape index (κ2) is 8.82. The molecule has 0 aromatic rings. The van der Waals surface area contributed by atoms with Crippen LogP contribution in [0.3, 0.4) is 0 Å². The van der Waals surface area contributed by atoms with Crippen molar-refractivity contribution in [1.29, 1.82) is 0 Å². The number of aliphatic hydroxyl groups is 1. The van der Waals surface area contributed by atoms with Crippen LogP contribution in [0.4, 0.5) is 0 Å². The molecule has 1 saturated carbocycles. The lowest BCUT2D eigenvalue weighted by atomic mass is 9.88. The Balaban J connectivity index is 2.22. The molecule has 0 amide bonds. The number of carbonyl (C=O) groups is 1. The van der Waals surface area contributed by atoms with Crippen molar-refractivity contribution in [3.8, 4) is 0 Å². The standard InChI is InChI=1S/C14H27NO3S/c1-3-18-13(17)9-12(16)10-15-11-14(19-2)7-5-4-6-8-14/h12,15-16H,3-11H2,1-2H3. The molecule has 1 aliphatic rings. The molecule has 5 heteroatoms. The molecule has 112 valence electrons. The van der Waals surface area contributed by atoms with E-state index in [9.17, 15) is 9.90 Å². The van der Waals surface area contributed by atoms with Crippen molar-refractivity contribution in [3.05, 3.63) is 0 Å². The van der Waals surface area contributed by atoms with E-state index in [1.807, 2.05) is 11.8 Å². The molecule has 1 rings (SSSR count). The predicted octanol–water partition coefficient (Wildman–Crippen LogP) is 1.96. The van der Waals surface area contributed by atoms with Gasteiger partial charge >= 0.3 is 5.97 Å². The second-order valence-corrected chi connectivity index (χ2v) is 6.52. The molecule has 1 fully saturated rings. The molecule has 2 N–H and O–H groups in total. The Bertz CT molecular complexity index is 267. The van der Waals surface area contributed by atoms with Gasteiger partial charge < -0.3 is 15.2 Å². The van der Waals surface area contributed by atoms with E-state index in [1.54, 1.807) is 6.92 Å². The van der Waals surface area contributed by atoms with Crippen LogP contribution in [0, 0.1) is 0 Å². The normalized spacial score (nSPS) is 19.9. The van der Waals surface area contributed by atoms with Gasteiger partial charge in [0.2, 0.25) is 0 Å². The molecule has 19 heavy (non-hydrogen) atoms. The fraction of sp³-hybridized carbons (Fsp3) is 0.929. The highest BCUT2D eigenvalue weighted by molar-refractivity contribution is 8.00. The summed E-state index contributed by atoms with van der Waals surface area (Å²) in [5.41, 5.74) is 0. The number of carbonyl (C=O) groups excluding carboxylic acids is 1. The van der Waals surface area contributed by atoms with Gasteiger partial charge in [0, 0.05) is 17.8 Å². The van der Waals surface area contributed by atoms with Crippen LogP contribution in [0.2, 0.25) is 0 Å². The zero-order chi connectivity index (χ0) is 14.1. The predicted molar refractivity (Wildman–Crippen MR) is 79.5 cm³/mol. The lowest BCUT2D eigenvalue weighted by Gasteiger charge is -2.36. The molecular formula is C14H27NO3S. The third-order valence-corrected chi connectivity index (χ3v) is 5.15. The van der Waals surface area contributed by atoms with E-state index >= 15 is 0 Å². The minimum Gasteiger partial charge on any atom is -0.466 e. The van der Waals surface area contributed by atoms with Crippen molar-refractivity contribution in [2.45, 2.75) is 56.3 Å². The molecule has 1 unspecified atom stereocenters. The molecule has 0 aliphatic heterocycles. The molecule has 0 saturated heterocycles. The fourth-order valence-electron chi connectivity index (χ4n) is 2.60. The first-order valence-corrected chi connectivity index (χ1v) is 8.44. The molecule has 0 aromatic carbocycles. The van der Waals surface area contributed by atoms with Gasteiger partial charge in [-0.05, 0) is 26.0 Å². The molecule has 0 radical (unpaired) electrons. The fourth-order valence-corrected chi connectivity index (χ4v) is 3.54. The average Bonchev–Trinajstić information content (AvgIpc) is 2.40. The maximum Gasteiger partial charge on any atom is 0.308 e. The Morgan fingerprint density at radius 2 is 2.11 bits per heavy atom. The maximum atomic E-state index is 11.2. The van der Waals surface area contributed by atoms with Gasteiger partial charge in [-0.3, -0.25) is 4.79 Å². The van der Waals surface area contributed by atoms with Crippen molar-refractivity contribution >= 4 is 17.7 Å². The van der Waals surface area contributed by atoms with Crippen molar-refractivity contribution in [1.82, 2.24) is 5.32 Å². The van der Waals surface area contributed by atoms with Crippen molar-refractivity contribution in [2.75, 3.05) is 26.0 Å². The number of hydrogen-bond donors (Lipinski definition) is 2. The highest BCUT2D eigenvalue weighted by Gasteiger charge is 2.30. The van der Waals surface area contributed by atoms with Gasteiger partial charge in [-0.25, -0.2) is 0 Å². The molecule has 4 nitrogen and oxygen atoms in total. The monoisotopic (exact) mass is 289 g/mol. The minimum absolute atomic E-state index is 0.0765. The third kappa shape index (κ3) is 6.15. The van der Waals surface area contributed by atoms with E-state index in [1.165, 1.54) is 32.1 Å². The summed E-state index contributed by atoms with van der Waals surface area (Å²) in [6.07, 6.45) is 8.02. The van der Waals surface area contributed by atoms with Crippen LogP contribution in [0.15, 0.2) is 0 Å². The van der Waals surface area contributed by atoms with E-state index in [4.69, 9.17) is 4.74 Å². The van der Waals surface area contributed by atoms with Gasteiger partial charge in [-0.15, -0.1) is 0 Å². The van der Waals surface area contributed by atoms with Crippen LogP contribution in [0.25, 0.3) is 0 Å².